The highest BCUT2D eigenvalue weighted by Gasteiger charge is 2.31. The molecule has 0 radical (unpaired) electrons. The molecule has 0 aromatic heterocycles. The number of nitrogens with one attached hydrogen (secondary N) is 1. The summed E-state index contributed by atoms with van der Waals surface area (Å²) in [6.45, 7) is 1.69. The van der Waals surface area contributed by atoms with Gasteiger partial charge in [-0.25, -0.2) is 0 Å². The van der Waals surface area contributed by atoms with Gasteiger partial charge in [0.2, 0.25) is 0 Å². The van der Waals surface area contributed by atoms with Crippen LogP contribution in [-0.4, -0.2) is 17.8 Å². The van der Waals surface area contributed by atoms with Crippen molar-refractivity contribution < 1.29 is 18.3 Å². The normalized spacial score (nSPS) is 13.6. The summed E-state index contributed by atoms with van der Waals surface area (Å²) in [5.41, 5.74) is -0.575. The van der Waals surface area contributed by atoms with Crippen molar-refractivity contribution >= 4 is 17.3 Å². The largest absolute Gasteiger partial charge is 0.416 e. The van der Waals surface area contributed by atoms with Crippen LogP contribution in [0.5, 0.6) is 0 Å². The molecule has 0 aliphatic carbocycles. The van der Waals surface area contributed by atoms with Crippen molar-refractivity contribution in [1.29, 1.82) is 0 Å². The summed E-state index contributed by atoms with van der Waals surface area (Å²) in [6.07, 6.45) is -5.07. The van der Waals surface area contributed by atoms with Gasteiger partial charge < -0.3 is 10.4 Å². The minimum absolute atomic E-state index is 0.00270. The lowest BCUT2D eigenvalue weighted by Crippen LogP contribution is -2.16. The topological polar surface area (TPSA) is 32.3 Å². The highest BCUT2D eigenvalue weighted by atomic mass is 35.5. The van der Waals surface area contributed by atoms with Crippen molar-refractivity contribution in [3.05, 3.63) is 28.8 Å². The van der Waals surface area contributed by atoms with Gasteiger partial charge in [-0.2, -0.15) is 13.2 Å². The van der Waals surface area contributed by atoms with Gasteiger partial charge in [0.25, 0.3) is 0 Å². The lowest BCUT2D eigenvalue weighted by molar-refractivity contribution is -0.137. The van der Waals surface area contributed by atoms with Crippen LogP contribution in [0.2, 0.25) is 5.02 Å². The van der Waals surface area contributed by atoms with Gasteiger partial charge in [0, 0.05) is 17.3 Å². The minimum atomic E-state index is -4.42. The first-order valence-corrected chi connectivity index (χ1v) is 4.96. The SMILES string of the molecule is C[C@H](O)CNc1cc(Cl)cc(C(F)(F)F)c1. The molecule has 0 unspecified atom stereocenters. The van der Waals surface area contributed by atoms with Crippen molar-refractivity contribution in [2.75, 3.05) is 11.9 Å². The Labute approximate surface area is 96.0 Å². The van der Waals surface area contributed by atoms with Gasteiger partial charge in [0.05, 0.1) is 11.7 Å². The molecule has 1 atom stereocenters. The molecule has 0 aliphatic heterocycles. The van der Waals surface area contributed by atoms with E-state index >= 15 is 0 Å². The zero-order valence-electron chi connectivity index (χ0n) is 8.48. The molecule has 0 aliphatic rings. The van der Waals surface area contributed by atoms with E-state index in [1.165, 1.54) is 13.0 Å². The minimum Gasteiger partial charge on any atom is -0.392 e. The Hall–Kier alpha value is -0.940. The highest BCUT2D eigenvalue weighted by molar-refractivity contribution is 6.30. The Bertz CT molecular complexity index is 366. The molecule has 0 bridgehead atoms. The molecule has 16 heavy (non-hydrogen) atoms. The standard InChI is InChI=1S/C10H11ClF3NO/c1-6(16)5-15-9-3-7(10(12,13)14)2-8(11)4-9/h2-4,6,15-16H,5H2,1H3/t6-/m0/s1. The number of halogens is 4. The van der Waals surface area contributed by atoms with E-state index in [1.807, 2.05) is 0 Å². The second-order valence-corrected chi connectivity index (χ2v) is 3.89. The average molecular weight is 254 g/mol. The number of hydrogen-bond acceptors (Lipinski definition) is 2. The first kappa shape index (κ1) is 13.1. The van der Waals surface area contributed by atoms with Crippen LogP contribution in [0.25, 0.3) is 0 Å². The van der Waals surface area contributed by atoms with Gasteiger partial charge in [0.1, 0.15) is 0 Å². The van der Waals surface area contributed by atoms with Gasteiger partial charge in [-0.3, -0.25) is 0 Å². The Kier molecular flexibility index (Phi) is 4.04. The molecule has 0 saturated heterocycles. The summed E-state index contributed by atoms with van der Waals surface area (Å²) >= 11 is 5.57. The maximum absolute atomic E-state index is 12.4. The molecule has 2 N–H and O–H groups in total. The van der Waals surface area contributed by atoms with Gasteiger partial charge in [0.15, 0.2) is 0 Å². The van der Waals surface area contributed by atoms with Crippen molar-refractivity contribution in [2.24, 2.45) is 0 Å². The predicted molar refractivity (Wildman–Crippen MR) is 56.6 cm³/mol. The van der Waals surface area contributed by atoms with E-state index in [2.05, 4.69) is 5.32 Å². The van der Waals surface area contributed by atoms with Crippen molar-refractivity contribution in [2.45, 2.75) is 19.2 Å². The lowest BCUT2D eigenvalue weighted by atomic mass is 10.2. The fourth-order valence-corrected chi connectivity index (χ4v) is 1.36. The molecule has 0 heterocycles. The van der Waals surface area contributed by atoms with E-state index < -0.39 is 17.8 Å². The Morgan fingerprint density at radius 3 is 2.50 bits per heavy atom. The average Bonchev–Trinajstić information content (AvgIpc) is 2.12. The monoisotopic (exact) mass is 253 g/mol. The van der Waals surface area contributed by atoms with Crippen molar-refractivity contribution in [3.63, 3.8) is 0 Å². The van der Waals surface area contributed by atoms with Crippen molar-refractivity contribution in [3.8, 4) is 0 Å². The molecular formula is C10H11ClF3NO. The smallest absolute Gasteiger partial charge is 0.392 e. The number of benzene rings is 1. The quantitative estimate of drug-likeness (QED) is 0.867. The second kappa shape index (κ2) is 4.93. The van der Waals surface area contributed by atoms with Gasteiger partial charge in [-0.05, 0) is 25.1 Å². The first-order valence-electron chi connectivity index (χ1n) is 4.59. The third-order valence-electron chi connectivity index (χ3n) is 1.83. The maximum Gasteiger partial charge on any atom is 0.416 e. The summed E-state index contributed by atoms with van der Waals surface area (Å²) in [4.78, 5) is 0. The van der Waals surface area contributed by atoms with Crippen LogP contribution in [0.15, 0.2) is 18.2 Å². The van der Waals surface area contributed by atoms with Gasteiger partial charge in [-0.1, -0.05) is 11.6 Å². The zero-order chi connectivity index (χ0) is 12.3. The van der Waals surface area contributed by atoms with E-state index in [0.717, 1.165) is 12.1 Å². The van der Waals surface area contributed by atoms with Crippen LogP contribution in [0.4, 0.5) is 18.9 Å². The summed E-state index contributed by atoms with van der Waals surface area (Å²) in [5.74, 6) is 0. The van der Waals surface area contributed by atoms with Crippen LogP contribution in [0.3, 0.4) is 0 Å². The van der Waals surface area contributed by atoms with Crippen LogP contribution < -0.4 is 5.32 Å². The fraction of sp³-hybridized carbons (Fsp3) is 0.400. The number of aliphatic hydroxyl groups excluding tert-OH is 1. The molecule has 0 saturated carbocycles. The fourth-order valence-electron chi connectivity index (χ4n) is 1.12. The Morgan fingerprint density at radius 2 is 2.00 bits per heavy atom. The number of hydrogen-bond donors (Lipinski definition) is 2. The predicted octanol–water partition coefficient (Wildman–Crippen LogP) is 3.15. The molecule has 0 fully saturated rings. The van der Waals surface area contributed by atoms with Gasteiger partial charge >= 0.3 is 6.18 Å². The number of aliphatic hydroxyl groups is 1. The van der Waals surface area contributed by atoms with Crippen molar-refractivity contribution in [1.82, 2.24) is 0 Å². The molecule has 1 aromatic rings. The van der Waals surface area contributed by atoms with E-state index in [0.29, 0.717) is 0 Å². The molecule has 0 amide bonds. The zero-order valence-corrected chi connectivity index (χ0v) is 9.23. The maximum atomic E-state index is 12.4. The van der Waals surface area contributed by atoms with E-state index in [9.17, 15) is 13.2 Å². The van der Waals surface area contributed by atoms with E-state index in [4.69, 9.17) is 16.7 Å². The first-order chi connectivity index (χ1) is 7.29. The van der Waals surface area contributed by atoms with Crippen LogP contribution in [0, 0.1) is 0 Å². The van der Waals surface area contributed by atoms with E-state index in [-0.39, 0.29) is 17.3 Å². The summed E-state index contributed by atoms with van der Waals surface area (Å²) in [6, 6.07) is 3.18. The Morgan fingerprint density at radius 1 is 1.38 bits per heavy atom. The van der Waals surface area contributed by atoms with E-state index in [1.54, 1.807) is 0 Å². The highest BCUT2D eigenvalue weighted by Crippen LogP contribution is 2.33. The van der Waals surface area contributed by atoms with Crippen LogP contribution in [-0.2, 0) is 6.18 Å². The molecule has 90 valence electrons. The Balaban J connectivity index is 2.90. The third kappa shape index (κ3) is 3.90. The van der Waals surface area contributed by atoms with Crippen LogP contribution in [0.1, 0.15) is 12.5 Å². The molecule has 0 spiro atoms. The molecule has 1 rings (SSSR count). The molecular weight excluding hydrogens is 243 g/mol. The number of rotatable bonds is 3. The summed E-state index contributed by atoms with van der Waals surface area (Å²) < 4.78 is 37.2. The third-order valence-corrected chi connectivity index (χ3v) is 2.04. The number of anilines is 1. The number of alkyl halides is 3. The molecule has 1 aromatic carbocycles. The lowest BCUT2D eigenvalue weighted by Gasteiger charge is -2.12. The van der Waals surface area contributed by atoms with Gasteiger partial charge in [-0.15, -0.1) is 0 Å². The summed E-state index contributed by atoms with van der Waals surface area (Å²) in [7, 11) is 0. The molecule has 6 heteroatoms. The van der Waals surface area contributed by atoms with Crippen LogP contribution >= 0.6 is 11.6 Å². The summed E-state index contributed by atoms with van der Waals surface area (Å²) in [5, 5.41) is 11.7. The molecule has 2 nitrogen and oxygen atoms in total. The second-order valence-electron chi connectivity index (χ2n) is 3.46.